The van der Waals surface area contributed by atoms with Gasteiger partial charge in [0.25, 0.3) is 0 Å². The number of fused-ring (bicyclic) bond motifs is 1. The van der Waals surface area contributed by atoms with E-state index in [9.17, 15) is 0 Å². The maximum atomic E-state index is 5.55. The Bertz CT molecular complexity index is 616. The van der Waals surface area contributed by atoms with Crippen molar-refractivity contribution in [1.82, 2.24) is 4.98 Å². The molecule has 0 amide bonds. The van der Waals surface area contributed by atoms with Gasteiger partial charge in [0.2, 0.25) is 0 Å². The van der Waals surface area contributed by atoms with Crippen molar-refractivity contribution in [3.05, 3.63) is 40.5 Å². The van der Waals surface area contributed by atoms with Gasteiger partial charge in [0, 0.05) is 16.2 Å². The summed E-state index contributed by atoms with van der Waals surface area (Å²) in [4.78, 5) is 4.45. The van der Waals surface area contributed by atoms with Gasteiger partial charge < -0.3 is 14.8 Å². The van der Waals surface area contributed by atoms with Crippen molar-refractivity contribution in [1.29, 1.82) is 0 Å². The summed E-state index contributed by atoms with van der Waals surface area (Å²) in [5.41, 5.74) is 1.88. The third kappa shape index (κ3) is 2.66. The molecule has 0 bridgehead atoms. The minimum Gasteiger partial charge on any atom is -0.486 e. The first kappa shape index (κ1) is 12.3. The number of rotatable bonds is 2. The minimum absolute atomic E-state index is 0.589. The quantitative estimate of drug-likeness (QED) is 0.916. The summed E-state index contributed by atoms with van der Waals surface area (Å²) in [6.45, 7) is 3.15. The monoisotopic (exact) mass is 320 g/mol. The van der Waals surface area contributed by atoms with Crippen molar-refractivity contribution >= 4 is 27.4 Å². The highest BCUT2D eigenvalue weighted by molar-refractivity contribution is 9.10. The number of benzene rings is 1. The van der Waals surface area contributed by atoms with E-state index in [1.165, 1.54) is 0 Å². The van der Waals surface area contributed by atoms with Crippen LogP contribution in [0.1, 0.15) is 5.69 Å². The predicted octanol–water partition coefficient (Wildman–Crippen LogP) is 3.67. The van der Waals surface area contributed by atoms with Gasteiger partial charge >= 0.3 is 0 Å². The maximum absolute atomic E-state index is 5.55. The van der Waals surface area contributed by atoms with E-state index >= 15 is 0 Å². The average Bonchev–Trinajstić information content (AvgIpc) is 2.43. The Labute approximate surface area is 119 Å². The molecule has 0 fully saturated rings. The predicted molar refractivity (Wildman–Crippen MR) is 77.4 cm³/mol. The lowest BCUT2D eigenvalue weighted by molar-refractivity contribution is 0.171. The molecule has 4 nitrogen and oxygen atoms in total. The Kier molecular flexibility index (Phi) is 3.29. The summed E-state index contributed by atoms with van der Waals surface area (Å²) >= 11 is 3.44. The molecule has 0 spiro atoms. The number of hydrogen-bond donors (Lipinski definition) is 1. The number of halogens is 1. The van der Waals surface area contributed by atoms with Crippen molar-refractivity contribution in [2.45, 2.75) is 6.92 Å². The first-order valence-corrected chi connectivity index (χ1v) is 6.81. The molecule has 1 aromatic heterocycles. The van der Waals surface area contributed by atoms with Crippen LogP contribution < -0.4 is 14.8 Å². The Morgan fingerprint density at radius 1 is 1.11 bits per heavy atom. The van der Waals surface area contributed by atoms with E-state index in [-0.39, 0.29) is 0 Å². The number of ether oxygens (including phenoxy) is 2. The van der Waals surface area contributed by atoms with Crippen molar-refractivity contribution in [2.75, 3.05) is 18.5 Å². The average molecular weight is 321 g/mol. The fourth-order valence-electron chi connectivity index (χ4n) is 1.88. The fraction of sp³-hybridized carbons (Fsp3) is 0.214. The summed E-state index contributed by atoms with van der Waals surface area (Å²) in [5.74, 6) is 2.36. The van der Waals surface area contributed by atoms with Crippen molar-refractivity contribution < 1.29 is 9.47 Å². The SMILES string of the molecule is Cc1nc(Nc2ccc3c(c2)OCCO3)ccc1Br. The Morgan fingerprint density at radius 2 is 1.89 bits per heavy atom. The van der Waals surface area contributed by atoms with Crippen LogP contribution in [0.25, 0.3) is 0 Å². The van der Waals surface area contributed by atoms with Crippen LogP contribution in [0.5, 0.6) is 11.5 Å². The Hall–Kier alpha value is -1.75. The van der Waals surface area contributed by atoms with Gasteiger partial charge in [-0.05, 0) is 47.1 Å². The summed E-state index contributed by atoms with van der Waals surface area (Å²) in [7, 11) is 0. The second-order valence-corrected chi connectivity index (χ2v) is 5.10. The standard InChI is InChI=1S/C14H13BrN2O2/c1-9-11(15)3-5-14(16-9)17-10-2-4-12-13(8-10)19-7-6-18-12/h2-5,8H,6-7H2,1H3,(H,16,17). The zero-order valence-corrected chi connectivity index (χ0v) is 12.0. The third-order valence-corrected chi connectivity index (χ3v) is 3.67. The molecule has 19 heavy (non-hydrogen) atoms. The lowest BCUT2D eigenvalue weighted by Gasteiger charge is -2.19. The number of pyridine rings is 1. The van der Waals surface area contributed by atoms with Crippen LogP contribution in [-0.4, -0.2) is 18.2 Å². The number of aryl methyl sites for hydroxylation is 1. The van der Waals surface area contributed by atoms with Gasteiger partial charge in [-0.15, -0.1) is 0 Å². The van der Waals surface area contributed by atoms with Crippen LogP contribution in [-0.2, 0) is 0 Å². The number of nitrogens with one attached hydrogen (secondary N) is 1. The van der Waals surface area contributed by atoms with Crippen LogP contribution in [0.4, 0.5) is 11.5 Å². The lowest BCUT2D eigenvalue weighted by Crippen LogP contribution is -2.15. The van der Waals surface area contributed by atoms with Crippen molar-refractivity contribution in [3.63, 3.8) is 0 Å². The Balaban J connectivity index is 1.84. The second-order valence-electron chi connectivity index (χ2n) is 4.25. The van der Waals surface area contributed by atoms with Gasteiger partial charge in [0.05, 0.1) is 5.69 Å². The van der Waals surface area contributed by atoms with E-state index < -0.39 is 0 Å². The van der Waals surface area contributed by atoms with Gasteiger partial charge in [-0.2, -0.15) is 0 Å². The maximum Gasteiger partial charge on any atom is 0.163 e. The van der Waals surface area contributed by atoms with E-state index in [1.54, 1.807) is 0 Å². The molecule has 2 aromatic rings. The summed E-state index contributed by atoms with van der Waals surface area (Å²) in [6, 6.07) is 9.68. The normalized spacial score (nSPS) is 13.2. The fourth-order valence-corrected chi connectivity index (χ4v) is 2.10. The number of hydrogen-bond acceptors (Lipinski definition) is 4. The van der Waals surface area contributed by atoms with Crippen LogP contribution >= 0.6 is 15.9 Å². The van der Waals surface area contributed by atoms with E-state index in [1.807, 2.05) is 37.3 Å². The highest BCUT2D eigenvalue weighted by Gasteiger charge is 2.11. The minimum atomic E-state index is 0.589. The molecule has 0 radical (unpaired) electrons. The topological polar surface area (TPSA) is 43.4 Å². The number of anilines is 2. The van der Waals surface area contributed by atoms with E-state index in [0.29, 0.717) is 13.2 Å². The second kappa shape index (κ2) is 5.09. The highest BCUT2D eigenvalue weighted by Crippen LogP contribution is 2.33. The molecule has 1 aliphatic heterocycles. The first-order chi connectivity index (χ1) is 9.22. The zero-order valence-electron chi connectivity index (χ0n) is 10.4. The lowest BCUT2D eigenvalue weighted by atomic mass is 10.2. The van der Waals surface area contributed by atoms with Gasteiger partial charge in [0.1, 0.15) is 19.0 Å². The molecule has 3 rings (SSSR count). The van der Waals surface area contributed by atoms with Crippen LogP contribution in [0.15, 0.2) is 34.8 Å². The summed E-state index contributed by atoms with van der Waals surface area (Å²) in [5, 5.41) is 3.25. The molecule has 2 heterocycles. The smallest absolute Gasteiger partial charge is 0.163 e. The first-order valence-electron chi connectivity index (χ1n) is 6.02. The molecule has 0 atom stereocenters. The van der Waals surface area contributed by atoms with Gasteiger partial charge in [-0.1, -0.05) is 0 Å². The molecule has 0 aliphatic carbocycles. The molecule has 1 N–H and O–H groups in total. The molecule has 98 valence electrons. The summed E-state index contributed by atoms with van der Waals surface area (Å²) < 4.78 is 12.0. The molecule has 5 heteroatoms. The van der Waals surface area contributed by atoms with Crippen molar-refractivity contribution in [2.24, 2.45) is 0 Å². The van der Waals surface area contributed by atoms with Gasteiger partial charge in [0.15, 0.2) is 11.5 Å². The van der Waals surface area contributed by atoms with E-state index in [4.69, 9.17) is 9.47 Å². The van der Waals surface area contributed by atoms with Crippen LogP contribution in [0.2, 0.25) is 0 Å². The molecule has 1 aromatic carbocycles. The van der Waals surface area contributed by atoms with Crippen LogP contribution in [0.3, 0.4) is 0 Å². The molecule has 0 unspecified atom stereocenters. The molecule has 0 saturated heterocycles. The third-order valence-electron chi connectivity index (χ3n) is 2.84. The van der Waals surface area contributed by atoms with E-state index in [0.717, 1.165) is 33.2 Å². The zero-order chi connectivity index (χ0) is 13.2. The van der Waals surface area contributed by atoms with E-state index in [2.05, 4.69) is 26.2 Å². The van der Waals surface area contributed by atoms with Gasteiger partial charge in [-0.25, -0.2) is 4.98 Å². The molecular weight excluding hydrogens is 308 g/mol. The number of nitrogens with zero attached hydrogens (tertiary/aromatic N) is 1. The Morgan fingerprint density at radius 3 is 2.68 bits per heavy atom. The van der Waals surface area contributed by atoms with Gasteiger partial charge in [-0.3, -0.25) is 0 Å². The molecule has 0 saturated carbocycles. The largest absolute Gasteiger partial charge is 0.486 e. The summed E-state index contributed by atoms with van der Waals surface area (Å²) in [6.07, 6.45) is 0. The molecular formula is C14H13BrN2O2. The molecule has 1 aliphatic rings. The van der Waals surface area contributed by atoms with Crippen LogP contribution in [0, 0.1) is 6.92 Å². The van der Waals surface area contributed by atoms with Crippen molar-refractivity contribution in [3.8, 4) is 11.5 Å². The highest BCUT2D eigenvalue weighted by atomic mass is 79.9. The number of aromatic nitrogens is 1.